The Morgan fingerprint density at radius 1 is 1.38 bits per heavy atom. The summed E-state index contributed by atoms with van der Waals surface area (Å²) >= 11 is 0. The SMILES string of the molecule is CNCc1cc(S(=O)(=O)NCC2(C)CCOCC2)cn1C. The van der Waals surface area contributed by atoms with E-state index in [1.807, 2.05) is 18.7 Å². The van der Waals surface area contributed by atoms with Gasteiger partial charge in [-0.3, -0.25) is 0 Å². The largest absolute Gasteiger partial charge is 0.381 e. The van der Waals surface area contributed by atoms with Crippen LogP contribution in [0.5, 0.6) is 0 Å². The van der Waals surface area contributed by atoms with Gasteiger partial charge in [0.15, 0.2) is 0 Å². The van der Waals surface area contributed by atoms with Crippen molar-refractivity contribution in [2.24, 2.45) is 12.5 Å². The van der Waals surface area contributed by atoms with E-state index in [0.717, 1.165) is 18.5 Å². The van der Waals surface area contributed by atoms with Crippen molar-refractivity contribution >= 4 is 10.0 Å². The van der Waals surface area contributed by atoms with E-state index in [0.29, 0.717) is 31.2 Å². The fourth-order valence-electron chi connectivity index (χ4n) is 2.47. The van der Waals surface area contributed by atoms with Crippen LogP contribution in [0.15, 0.2) is 17.2 Å². The Bertz CT molecular complexity index is 574. The molecule has 0 unspecified atom stereocenters. The molecular formula is C14H25N3O3S. The van der Waals surface area contributed by atoms with Crippen molar-refractivity contribution < 1.29 is 13.2 Å². The second kappa shape index (κ2) is 6.48. The molecule has 2 N–H and O–H groups in total. The summed E-state index contributed by atoms with van der Waals surface area (Å²) in [6.07, 6.45) is 3.42. The van der Waals surface area contributed by atoms with E-state index in [1.165, 1.54) is 0 Å². The number of sulfonamides is 1. The number of nitrogens with one attached hydrogen (secondary N) is 2. The molecule has 0 aromatic carbocycles. The van der Waals surface area contributed by atoms with Gasteiger partial charge in [-0.1, -0.05) is 6.92 Å². The number of aryl methyl sites for hydroxylation is 1. The van der Waals surface area contributed by atoms with Crippen LogP contribution in [0.4, 0.5) is 0 Å². The lowest BCUT2D eigenvalue weighted by Crippen LogP contribution is -2.39. The quantitative estimate of drug-likeness (QED) is 0.816. The summed E-state index contributed by atoms with van der Waals surface area (Å²) in [7, 11) is 0.234. The van der Waals surface area contributed by atoms with Crippen molar-refractivity contribution in [3.63, 3.8) is 0 Å². The maximum Gasteiger partial charge on any atom is 0.242 e. The van der Waals surface area contributed by atoms with Crippen molar-refractivity contribution in [1.29, 1.82) is 0 Å². The van der Waals surface area contributed by atoms with Crippen molar-refractivity contribution in [3.05, 3.63) is 18.0 Å². The van der Waals surface area contributed by atoms with Crippen molar-refractivity contribution in [2.45, 2.75) is 31.2 Å². The fraction of sp³-hybridized carbons (Fsp3) is 0.714. The van der Waals surface area contributed by atoms with Crippen molar-refractivity contribution in [1.82, 2.24) is 14.6 Å². The highest BCUT2D eigenvalue weighted by molar-refractivity contribution is 7.89. The number of aromatic nitrogens is 1. The van der Waals surface area contributed by atoms with Crippen LogP contribution in [0.3, 0.4) is 0 Å². The van der Waals surface area contributed by atoms with Crippen LogP contribution >= 0.6 is 0 Å². The molecule has 0 bridgehead atoms. The first-order valence-corrected chi connectivity index (χ1v) is 8.72. The van der Waals surface area contributed by atoms with E-state index in [9.17, 15) is 8.42 Å². The molecule has 2 heterocycles. The molecule has 1 aliphatic rings. The molecule has 1 aromatic rings. The first kappa shape index (κ1) is 16.5. The van der Waals surface area contributed by atoms with Gasteiger partial charge < -0.3 is 14.6 Å². The molecule has 6 nitrogen and oxygen atoms in total. The first-order valence-electron chi connectivity index (χ1n) is 7.24. The van der Waals surface area contributed by atoms with Crippen LogP contribution in [-0.4, -0.2) is 39.8 Å². The Kier molecular flexibility index (Phi) is 5.08. The van der Waals surface area contributed by atoms with E-state index in [-0.39, 0.29) is 5.41 Å². The second-order valence-electron chi connectivity index (χ2n) is 6.06. The van der Waals surface area contributed by atoms with Gasteiger partial charge in [0.1, 0.15) is 0 Å². The Hall–Kier alpha value is -0.890. The van der Waals surface area contributed by atoms with Gasteiger partial charge in [0, 0.05) is 45.2 Å². The minimum absolute atomic E-state index is 0.0199. The van der Waals surface area contributed by atoms with Crippen LogP contribution in [0.1, 0.15) is 25.5 Å². The number of hydrogen-bond donors (Lipinski definition) is 2. The van der Waals surface area contributed by atoms with E-state index in [4.69, 9.17) is 4.74 Å². The molecule has 2 rings (SSSR count). The molecule has 0 amide bonds. The predicted molar refractivity (Wildman–Crippen MR) is 81.5 cm³/mol. The van der Waals surface area contributed by atoms with Crippen LogP contribution < -0.4 is 10.0 Å². The molecule has 1 fully saturated rings. The number of nitrogens with zero attached hydrogens (tertiary/aromatic N) is 1. The highest BCUT2D eigenvalue weighted by Gasteiger charge is 2.29. The van der Waals surface area contributed by atoms with Gasteiger partial charge >= 0.3 is 0 Å². The summed E-state index contributed by atoms with van der Waals surface area (Å²) in [5.74, 6) is 0. The topological polar surface area (TPSA) is 72.4 Å². The van der Waals surface area contributed by atoms with Crippen LogP contribution in [0.2, 0.25) is 0 Å². The highest BCUT2D eigenvalue weighted by atomic mass is 32.2. The molecule has 0 saturated carbocycles. The minimum Gasteiger partial charge on any atom is -0.381 e. The van der Waals surface area contributed by atoms with Crippen LogP contribution in [-0.2, 0) is 28.4 Å². The summed E-state index contributed by atoms with van der Waals surface area (Å²) in [6.45, 7) is 4.61. The highest BCUT2D eigenvalue weighted by Crippen LogP contribution is 2.29. The van der Waals surface area contributed by atoms with Gasteiger partial charge in [0.2, 0.25) is 10.0 Å². The molecule has 7 heteroatoms. The third kappa shape index (κ3) is 4.06. The molecule has 120 valence electrons. The molecule has 0 atom stereocenters. The van der Waals surface area contributed by atoms with Gasteiger partial charge in [0.25, 0.3) is 0 Å². The molecule has 1 aromatic heterocycles. The second-order valence-corrected chi connectivity index (χ2v) is 7.82. The maximum absolute atomic E-state index is 12.4. The minimum atomic E-state index is -3.46. The third-order valence-electron chi connectivity index (χ3n) is 4.14. The molecule has 0 aliphatic carbocycles. The standard InChI is InChI=1S/C14H25N3O3S/c1-14(4-6-20-7-5-14)11-16-21(18,19)13-8-12(9-15-2)17(3)10-13/h8,10,15-16H,4-7,9,11H2,1-3H3. The van der Waals surface area contributed by atoms with E-state index in [2.05, 4.69) is 17.0 Å². The Morgan fingerprint density at radius 2 is 2.05 bits per heavy atom. The lowest BCUT2D eigenvalue weighted by atomic mass is 9.83. The van der Waals surface area contributed by atoms with Crippen LogP contribution in [0, 0.1) is 5.41 Å². The zero-order chi connectivity index (χ0) is 15.5. The molecule has 1 aliphatic heterocycles. The van der Waals surface area contributed by atoms with Crippen LogP contribution in [0.25, 0.3) is 0 Å². The maximum atomic E-state index is 12.4. The van der Waals surface area contributed by atoms with E-state index >= 15 is 0 Å². The molecular weight excluding hydrogens is 290 g/mol. The summed E-state index contributed by atoms with van der Waals surface area (Å²) in [4.78, 5) is 0.325. The van der Waals surface area contributed by atoms with Gasteiger partial charge in [-0.05, 0) is 31.4 Å². The molecule has 0 spiro atoms. The van der Waals surface area contributed by atoms with Crippen molar-refractivity contribution in [3.8, 4) is 0 Å². The third-order valence-corrected chi connectivity index (χ3v) is 5.51. The van der Waals surface area contributed by atoms with E-state index in [1.54, 1.807) is 12.3 Å². The average molecular weight is 315 g/mol. The number of rotatable bonds is 6. The molecule has 1 saturated heterocycles. The Balaban J connectivity index is 2.06. The molecule has 0 radical (unpaired) electrons. The summed E-state index contributed by atoms with van der Waals surface area (Å²) in [5, 5.41) is 3.03. The lowest BCUT2D eigenvalue weighted by molar-refractivity contribution is 0.0265. The average Bonchev–Trinajstić information content (AvgIpc) is 2.81. The van der Waals surface area contributed by atoms with Gasteiger partial charge in [0.05, 0.1) is 4.90 Å². The van der Waals surface area contributed by atoms with Gasteiger partial charge in [-0.25, -0.2) is 13.1 Å². The first-order chi connectivity index (χ1) is 9.86. The Labute approximate surface area is 126 Å². The smallest absolute Gasteiger partial charge is 0.242 e. The number of ether oxygens (including phenoxy) is 1. The van der Waals surface area contributed by atoms with Gasteiger partial charge in [-0.15, -0.1) is 0 Å². The normalized spacial score (nSPS) is 18.8. The van der Waals surface area contributed by atoms with E-state index < -0.39 is 10.0 Å². The summed E-state index contributed by atoms with van der Waals surface area (Å²) < 4.78 is 34.7. The zero-order valence-electron chi connectivity index (χ0n) is 13.0. The fourth-order valence-corrected chi connectivity index (χ4v) is 3.77. The predicted octanol–water partition coefficient (Wildman–Crippen LogP) is 0.840. The molecule has 21 heavy (non-hydrogen) atoms. The zero-order valence-corrected chi connectivity index (χ0v) is 13.8. The summed E-state index contributed by atoms with van der Waals surface area (Å²) in [5.41, 5.74) is 0.920. The summed E-state index contributed by atoms with van der Waals surface area (Å²) in [6, 6.07) is 1.71. The Morgan fingerprint density at radius 3 is 2.67 bits per heavy atom. The monoisotopic (exact) mass is 315 g/mol. The van der Waals surface area contributed by atoms with Gasteiger partial charge in [-0.2, -0.15) is 0 Å². The lowest BCUT2D eigenvalue weighted by Gasteiger charge is -2.33. The number of hydrogen-bond acceptors (Lipinski definition) is 4. The van der Waals surface area contributed by atoms with Crippen molar-refractivity contribution in [2.75, 3.05) is 26.8 Å².